The Bertz CT molecular complexity index is 1050. The normalized spacial score (nSPS) is 13.3. The molecule has 4 rings (SSSR count). The highest BCUT2D eigenvalue weighted by Gasteiger charge is 2.26. The van der Waals surface area contributed by atoms with Gasteiger partial charge in [-0.25, -0.2) is 9.37 Å². The van der Waals surface area contributed by atoms with Gasteiger partial charge in [0.15, 0.2) is 0 Å². The zero-order valence-corrected chi connectivity index (χ0v) is 16.5. The zero-order chi connectivity index (χ0) is 20.2. The van der Waals surface area contributed by atoms with Gasteiger partial charge < -0.3 is 10.6 Å². The van der Waals surface area contributed by atoms with E-state index in [0.29, 0.717) is 16.4 Å². The first-order valence-corrected chi connectivity index (χ1v) is 10.4. The van der Waals surface area contributed by atoms with Gasteiger partial charge in [-0.15, -0.1) is 11.3 Å². The Kier molecular flexibility index (Phi) is 5.67. The van der Waals surface area contributed by atoms with Gasteiger partial charge in [0.1, 0.15) is 16.6 Å². The Morgan fingerprint density at radius 1 is 0.966 bits per heavy atom. The lowest BCUT2D eigenvalue weighted by molar-refractivity contribution is 0.102. The molecule has 1 aliphatic carbocycles. The number of carbonyl (C=O) groups is 2. The van der Waals surface area contributed by atoms with Crippen molar-refractivity contribution in [2.45, 2.75) is 32.1 Å². The quantitative estimate of drug-likeness (QED) is 0.592. The molecule has 0 radical (unpaired) electrons. The van der Waals surface area contributed by atoms with Crippen LogP contribution in [0.3, 0.4) is 0 Å². The Morgan fingerprint density at radius 3 is 2.62 bits per heavy atom. The first kappa shape index (κ1) is 19.3. The number of rotatable bonds is 4. The maximum absolute atomic E-state index is 13.5. The van der Waals surface area contributed by atoms with Gasteiger partial charge in [0.25, 0.3) is 11.8 Å². The van der Waals surface area contributed by atoms with Crippen LogP contribution in [0.4, 0.5) is 15.2 Å². The van der Waals surface area contributed by atoms with Gasteiger partial charge in [0, 0.05) is 16.6 Å². The molecule has 0 bridgehead atoms. The molecule has 7 heteroatoms. The highest BCUT2D eigenvalue weighted by Crippen LogP contribution is 2.38. The van der Waals surface area contributed by atoms with Gasteiger partial charge in [-0.1, -0.05) is 18.6 Å². The fourth-order valence-electron chi connectivity index (χ4n) is 3.49. The third-order valence-electron chi connectivity index (χ3n) is 4.87. The van der Waals surface area contributed by atoms with Crippen LogP contribution in [0.25, 0.3) is 0 Å². The van der Waals surface area contributed by atoms with E-state index in [1.807, 2.05) is 0 Å². The number of anilines is 2. The molecule has 29 heavy (non-hydrogen) atoms. The minimum absolute atomic E-state index is 0.213. The molecule has 2 N–H and O–H groups in total. The molecule has 2 amide bonds. The Morgan fingerprint density at radius 2 is 1.83 bits per heavy atom. The third-order valence-corrected chi connectivity index (χ3v) is 6.08. The molecular weight excluding hydrogens is 389 g/mol. The third kappa shape index (κ3) is 4.35. The van der Waals surface area contributed by atoms with E-state index in [9.17, 15) is 14.0 Å². The maximum atomic E-state index is 13.5. The number of aryl methyl sites for hydroxylation is 1. The summed E-state index contributed by atoms with van der Waals surface area (Å²) in [6.45, 7) is 0. The summed E-state index contributed by atoms with van der Waals surface area (Å²) in [5.41, 5.74) is 1.70. The summed E-state index contributed by atoms with van der Waals surface area (Å²) in [4.78, 5) is 31.0. The van der Waals surface area contributed by atoms with Crippen LogP contribution in [0.15, 0.2) is 48.7 Å². The van der Waals surface area contributed by atoms with Crippen molar-refractivity contribution in [2.75, 3.05) is 10.6 Å². The van der Waals surface area contributed by atoms with Crippen molar-refractivity contribution in [3.63, 3.8) is 0 Å². The lowest BCUT2D eigenvalue weighted by Crippen LogP contribution is -2.18. The van der Waals surface area contributed by atoms with E-state index in [0.717, 1.165) is 42.5 Å². The van der Waals surface area contributed by atoms with E-state index in [1.54, 1.807) is 30.5 Å². The van der Waals surface area contributed by atoms with Crippen molar-refractivity contribution in [1.29, 1.82) is 0 Å². The molecule has 0 spiro atoms. The number of amides is 2. The summed E-state index contributed by atoms with van der Waals surface area (Å²) in [5.74, 6) is -0.758. The van der Waals surface area contributed by atoms with Crippen molar-refractivity contribution in [3.05, 3.63) is 76.0 Å². The van der Waals surface area contributed by atoms with E-state index < -0.39 is 11.7 Å². The molecule has 5 nitrogen and oxygen atoms in total. The molecule has 0 aliphatic heterocycles. The number of nitrogens with one attached hydrogen (secondary N) is 2. The van der Waals surface area contributed by atoms with Crippen LogP contribution >= 0.6 is 11.3 Å². The smallest absolute Gasteiger partial charge is 0.260 e. The van der Waals surface area contributed by atoms with Gasteiger partial charge in [-0.3, -0.25) is 9.59 Å². The summed E-state index contributed by atoms with van der Waals surface area (Å²) in [6.07, 6.45) is 6.48. The summed E-state index contributed by atoms with van der Waals surface area (Å²) >= 11 is 1.43. The first-order valence-electron chi connectivity index (χ1n) is 9.55. The molecular formula is C22H20FN3O2S. The minimum Gasteiger partial charge on any atom is -0.313 e. The van der Waals surface area contributed by atoms with Crippen LogP contribution in [-0.4, -0.2) is 16.8 Å². The minimum atomic E-state index is -0.479. The molecule has 3 aromatic rings. The number of benzene rings is 1. The summed E-state index contributed by atoms with van der Waals surface area (Å²) < 4.78 is 13.5. The van der Waals surface area contributed by atoms with Gasteiger partial charge in [-0.05, 0) is 61.6 Å². The van der Waals surface area contributed by atoms with Crippen LogP contribution in [0.5, 0.6) is 0 Å². The number of carbonyl (C=O) groups excluding carboxylic acids is 2. The molecule has 0 saturated heterocycles. The molecule has 0 fully saturated rings. The average molecular weight is 409 g/mol. The highest BCUT2D eigenvalue weighted by molar-refractivity contribution is 7.17. The Labute approximate surface area is 172 Å². The summed E-state index contributed by atoms with van der Waals surface area (Å²) in [5, 5.41) is 6.15. The standard InChI is InChI=1S/C22H20FN3O2S/c23-15-8-6-7-14(13-15)20(27)26-22-19(16-9-2-1-3-10-17(16)29-22)21(28)25-18-11-4-5-12-24-18/h4-8,11-13H,1-3,9-10H2,(H,26,27)(H,24,25,28). The maximum Gasteiger partial charge on any atom is 0.260 e. The molecule has 0 saturated carbocycles. The van der Waals surface area contributed by atoms with Gasteiger partial charge in [-0.2, -0.15) is 0 Å². The summed E-state index contributed by atoms with van der Waals surface area (Å²) in [7, 11) is 0. The number of hydrogen-bond acceptors (Lipinski definition) is 4. The number of nitrogens with zero attached hydrogens (tertiary/aromatic N) is 1. The van der Waals surface area contributed by atoms with Crippen LogP contribution < -0.4 is 10.6 Å². The second kappa shape index (κ2) is 8.53. The van der Waals surface area contributed by atoms with Crippen LogP contribution in [0, 0.1) is 5.82 Å². The first-order chi connectivity index (χ1) is 14.1. The number of aromatic nitrogens is 1. The predicted octanol–water partition coefficient (Wildman–Crippen LogP) is 5.06. The lowest BCUT2D eigenvalue weighted by Gasteiger charge is -2.10. The van der Waals surface area contributed by atoms with Gasteiger partial charge in [0.05, 0.1) is 5.56 Å². The second-order valence-electron chi connectivity index (χ2n) is 6.90. The van der Waals surface area contributed by atoms with E-state index in [-0.39, 0.29) is 11.5 Å². The number of hydrogen-bond donors (Lipinski definition) is 2. The van der Waals surface area contributed by atoms with E-state index in [1.165, 1.54) is 29.5 Å². The number of halogens is 1. The van der Waals surface area contributed by atoms with Gasteiger partial charge >= 0.3 is 0 Å². The van der Waals surface area contributed by atoms with Crippen molar-refractivity contribution in [1.82, 2.24) is 4.98 Å². The van der Waals surface area contributed by atoms with Crippen LogP contribution in [-0.2, 0) is 12.8 Å². The fourth-order valence-corrected chi connectivity index (χ4v) is 4.77. The van der Waals surface area contributed by atoms with Crippen molar-refractivity contribution < 1.29 is 14.0 Å². The van der Waals surface area contributed by atoms with Crippen LogP contribution in [0.2, 0.25) is 0 Å². The highest BCUT2D eigenvalue weighted by atomic mass is 32.1. The van der Waals surface area contributed by atoms with E-state index >= 15 is 0 Å². The largest absolute Gasteiger partial charge is 0.313 e. The number of pyridine rings is 1. The second-order valence-corrected chi connectivity index (χ2v) is 8.01. The van der Waals surface area contributed by atoms with Crippen molar-refractivity contribution in [2.24, 2.45) is 0 Å². The van der Waals surface area contributed by atoms with Gasteiger partial charge in [0.2, 0.25) is 0 Å². The monoisotopic (exact) mass is 409 g/mol. The average Bonchev–Trinajstić information content (AvgIpc) is 2.89. The van der Waals surface area contributed by atoms with E-state index in [2.05, 4.69) is 15.6 Å². The molecule has 2 heterocycles. The Hall–Kier alpha value is -3.06. The molecule has 1 aliphatic rings. The molecule has 2 aromatic heterocycles. The van der Waals surface area contributed by atoms with Crippen LogP contribution in [0.1, 0.15) is 50.4 Å². The predicted molar refractivity (Wildman–Crippen MR) is 112 cm³/mol. The fraction of sp³-hybridized carbons (Fsp3) is 0.227. The molecule has 0 atom stereocenters. The lowest BCUT2D eigenvalue weighted by atomic mass is 10.0. The zero-order valence-electron chi connectivity index (χ0n) is 15.7. The SMILES string of the molecule is O=C(Nc1sc2c(c1C(=O)Nc1ccccn1)CCCCC2)c1cccc(F)c1. The van der Waals surface area contributed by atoms with Crippen molar-refractivity contribution >= 4 is 34.0 Å². The topological polar surface area (TPSA) is 71.1 Å². The number of thiophene rings is 1. The summed E-state index contributed by atoms with van der Waals surface area (Å²) in [6, 6.07) is 10.8. The Balaban J connectivity index is 1.67. The molecule has 148 valence electrons. The van der Waals surface area contributed by atoms with E-state index in [4.69, 9.17) is 0 Å². The molecule has 0 unspecified atom stereocenters. The molecule has 1 aromatic carbocycles. The van der Waals surface area contributed by atoms with Crippen molar-refractivity contribution in [3.8, 4) is 0 Å². The number of fused-ring (bicyclic) bond motifs is 1.